The van der Waals surface area contributed by atoms with Crippen molar-refractivity contribution in [3.05, 3.63) is 41.5 Å². The molecule has 0 unspecified atom stereocenters. The van der Waals surface area contributed by atoms with Crippen LogP contribution >= 0.6 is 0 Å². The second-order valence-corrected chi connectivity index (χ2v) is 6.03. The standard InChI is InChI=1S/C15H14O8S.Na/c1-22-8-3-4-9(11(16)5-8)15(18)10-6-14(24(19,20)21)13(23-2)7-12(10)17;/h3-7,16-17H,1-2H3,(H,19,20,21);/q;+1/p-1. The molecule has 0 fully saturated rings. The van der Waals surface area contributed by atoms with E-state index in [0.29, 0.717) is 11.8 Å². The van der Waals surface area contributed by atoms with Crippen LogP contribution in [0.2, 0.25) is 0 Å². The van der Waals surface area contributed by atoms with Crippen LogP contribution in [0.15, 0.2) is 35.2 Å². The van der Waals surface area contributed by atoms with Gasteiger partial charge in [0.1, 0.15) is 33.1 Å². The molecule has 2 rings (SSSR count). The predicted molar refractivity (Wildman–Crippen MR) is 80.7 cm³/mol. The molecule has 0 aliphatic carbocycles. The van der Waals surface area contributed by atoms with Crippen LogP contribution in [-0.4, -0.2) is 43.2 Å². The van der Waals surface area contributed by atoms with Gasteiger partial charge in [-0.25, -0.2) is 8.42 Å². The Bertz CT molecular complexity index is 908. The topological polar surface area (TPSA) is 133 Å². The Morgan fingerprint density at radius 1 is 1.00 bits per heavy atom. The van der Waals surface area contributed by atoms with Crippen molar-refractivity contribution in [2.45, 2.75) is 4.90 Å². The summed E-state index contributed by atoms with van der Waals surface area (Å²) in [5.41, 5.74) is -0.670. The van der Waals surface area contributed by atoms with Gasteiger partial charge in [0.25, 0.3) is 0 Å². The number of methoxy groups -OCH3 is 2. The number of hydrogen-bond acceptors (Lipinski definition) is 8. The maximum atomic E-state index is 12.5. The van der Waals surface area contributed by atoms with E-state index in [-0.39, 0.29) is 35.1 Å². The largest absolute Gasteiger partial charge is 1.00 e. The van der Waals surface area contributed by atoms with E-state index >= 15 is 0 Å². The number of hydrogen-bond donors (Lipinski definition) is 2. The molecule has 0 heterocycles. The fourth-order valence-corrected chi connectivity index (χ4v) is 2.71. The molecule has 0 aliphatic rings. The second kappa shape index (κ2) is 8.07. The van der Waals surface area contributed by atoms with Crippen molar-refractivity contribution in [1.29, 1.82) is 0 Å². The van der Waals surface area contributed by atoms with Crippen LogP contribution in [0.5, 0.6) is 23.0 Å². The van der Waals surface area contributed by atoms with Gasteiger partial charge in [-0.15, -0.1) is 0 Å². The Kier molecular flexibility index (Phi) is 6.86. The van der Waals surface area contributed by atoms with Gasteiger partial charge < -0.3 is 24.2 Å². The van der Waals surface area contributed by atoms with E-state index in [9.17, 15) is 28.0 Å². The van der Waals surface area contributed by atoms with Crippen molar-refractivity contribution in [2.75, 3.05) is 14.2 Å². The molecule has 2 N–H and O–H groups in total. The van der Waals surface area contributed by atoms with Gasteiger partial charge in [-0.1, -0.05) is 0 Å². The molecule has 0 bridgehead atoms. The van der Waals surface area contributed by atoms with Crippen LogP contribution in [0, 0.1) is 0 Å². The summed E-state index contributed by atoms with van der Waals surface area (Å²) in [6.45, 7) is 0. The third-order valence-electron chi connectivity index (χ3n) is 3.25. The number of aromatic hydroxyl groups is 2. The maximum absolute atomic E-state index is 12.5. The summed E-state index contributed by atoms with van der Waals surface area (Å²) < 4.78 is 43.5. The average Bonchev–Trinajstić information content (AvgIpc) is 2.52. The number of carbonyl (C=O) groups is 1. The first-order chi connectivity index (χ1) is 11.2. The fraction of sp³-hybridized carbons (Fsp3) is 0.133. The SMILES string of the molecule is COc1ccc(C(=O)c2cc(S(=O)(=O)[O-])c(OC)cc2O)c(O)c1.[Na+]. The summed E-state index contributed by atoms with van der Waals surface area (Å²) >= 11 is 0. The molecule has 0 spiro atoms. The van der Waals surface area contributed by atoms with Crippen molar-refractivity contribution in [1.82, 2.24) is 0 Å². The van der Waals surface area contributed by atoms with Crippen LogP contribution in [0.25, 0.3) is 0 Å². The maximum Gasteiger partial charge on any atom is 1.00 e. The van der Waals surface area contributed by atoms with Gasteiger partial charge >= 0.3 is 29.6 Å². The molecule has 0 aliphatic heterocycles. The number of ketones is 1. The molecular weight excluding hydrogens is 363 g/mol. The summed E-state index contributed by atoms with van der Waals surface area (Å²) in [5, 5.41) is 19.8. The van der Waals surface area contributed by atoms with Gasteiger partial charge in [0, 0.05) is 12.1 Å². The molecule has 0 saturated heterocycles. The molecule has 10 heteroatoms. The second-order valence-electron chi connectivity index (χ2n) is 4.69. The monoisotopic (exact) mass is 376 g/mol. The summed E-state index contributed by atoms with van der Waals surface area (Å²) in [6.07, 6.45) is 0. The smallest absolute Gasteiger partial charge is 0.744 e. The summed E-state index contributed by atoms with van der Waals surface area (Å²) in [6, 6.07) is 5.38. The van der Waals surface area contributed by atoms with Gasteiger partial charge in [0.15, 0.2) is 0 Å². The van der Waals surface area contributed by atoms with Crippen molar-refractivity contribution in [2.24, 2.45) is 0 Å². The summed E-state index contributed by atoms with van der Waals surface area (Å²) in [5.74, 6) is -2.00. The molecule has 25 heavy (non-hydrogen) atoms. The first-order valence-electron chi connectivity index (χ1n) is 6.47. The van der Waals surface area contributed by atoms with E-state index < -0.39 is 43.6 Å². The van der Waals surface area contributed by atoms with E-state index in [1.807, 2.05) is 0 Å². The van der Waals surface area contributed by atoms with E-state index in [1.165, 1.54) is 25.3 Å². The molecule has 0 radical (unpaired) electrons. The number of benzene rings is 2. The molecule has 0 saturated carbocycles. The van der Waals surface area contributed by atoms with Crippen molar-refractivity contribution in [3.63, 3.8) is 0 Å². The molecule has 0 aromatic heterocycles. The van der Waals surface area contributed by atoms with Gasteiger partial charge in [-0.3, -0.25) is 4.79 Å². The predicted octanol–water partition coefficient (Wildman–Crippen LogP) is -1.75. The number of phenols is 2. The Balaban J connectivity index is 0.00000312. The number of carbonyl (C=O) groups excluding carboxylic acids is 1. The Morgan fingerprint density at radius 2 is 1.60 bits per heavy atom. The van der Waals surface area contributed by atoms with E-state index in [0.717, 1.165) is 13.2 Å². The zero-order valence-electron chi connectivity index (χ0n) is 13.6. The Morgan fingerprint density at radius 3 is 2.08 bits per heavy atom. The van der Waals surface area contributed by atoms with Crippen LogP contribution in [0.3, 0.4) is 0 Å². The first kappa shape index (κ1) is 21.3. The fourth-order valence-electron chi connectivity index (χ4n) is 2.06. The van der Waals surface area contributed by atoms with Crippen LogP contribution in [0.1, 0.15) is 15.9 Å². The summed E-state index contributed by atoms with van der Waals surface area (Å²) in [4.78, 5) is 11.7. The molecule has 0 atom stereocenters. The average molecular weight is 376 g/mol. The van der Waals surface area contributed by atoms with Crippen molar-refractivity contribution < 1.29 is 67.0 Å². The molecular formula is C15H13NaO8S. The molecule has 2 aromatic rings. The van der Waals surface area contributed by atoms with Gasteiger partial charge in [0.2, 0.25) is 5.78 Å². The zero-order valence-corrected chi connectivity index (χ0v) is 16.5. The Labute approximate surface area is 166 Å². The molecule has 128 valence electrons. The quantitative estimate of drug-likeness (QED) is 0.357. The number of phenolic OH excluding ortho intramolecular Hbond substituents is 2. The van der Waals surface area contributed by atoms with E-state index in [4.69, 9.17) is 9.47 Å². The molecule has 0 amide bonds. The van der Waals surface area contributed by atoms with Crippen molar-refractivity contribution >= 4 is 15.9 Å². The number of rotatable bonds is 5. The first-order valence-corrected chi connectivity index (χ1v) is 7.88. The minimum Gasteiger partial charge on any atom is -0.744 e. The van der Waals surface area contributed by atoms with Crippen LogP contribution < -0.4 is 39.0 Å². The van der Waals surface area contributed by atoms with Gasteiger partial charge in [-0.2, -0.15) is 0 Å². The van der Waals surface area contributed by atoms with Crippen LogP contribution in [0.4, 0.5) is 0 Å². The summed E-state index contributed by atoms with van der Waals surface area (Å²) in [7, 11) is -2.46. The van der Waals surface area contributed by atoms with Gasteiger partial charge in [0.05, 0.1) is 30.2 Å². The van der Waals surface area contributed by atoms with Crippen LogP contribution in [-0.2, 0) is 10.1 Å². The minimum absolute atomic E-state index is 0. The van der Waals surface area contributed by atoms with Gasteiger partial charge in [-0.05, 0) is 18.2 Å². The van der Waals surface area contributed by atoms with Crippen molar-refractivity contribution in [3.8, 4) is 23.0 Å². The number of ether oxygens (including phenoxy) is 2. The molecule has 8 nitrogen and oxygen atoms in total. The molecule has 2 aromatic carbocycles. The van der Waals surface area contributed by atoms with E-state index in [2.05, 4.69) is 0 Å². The third kappa shape index (κ3) is 4.44. The normalized spacial score (nSPS) is 10.7. The minimum atomic E-state index is -4.94. The Hall–Kier alpha value is -1.78. The zero-order chi connectivity index (χ0) is 18.1. The van der Waals surface area contributed by atoms with E-state index in [1.54, 1.807) is 0 Å². The third-order valence-corrected chi connectivity index (χ3v) is 4.10.